The fraction of sp³-hybridized carbons (Fsp3) is 0.0800. The zero-order valence-electron chi connectivity index (χ0n) is 17.3. The zero-order valence-corrected chi connectivity index (χ0v) is 18.0. The Kier molecular flexibility index (Phi) is 6.05. The lowest BCUT2D eigenvalue weighted by Crippen LogP contribution is -2.32. The first-order chi connectivity index (χ1) is 15.5. The van der Waals surface area contributed by atoms with Gasteiger partial charge >= 0.3 is 0 Å². The maximum Gasteiger partial charge on any atom is 0.283 e. The predicted octanol–water partition coefficient (Wildman–Crippen LogP) is 4.36. The molecule has 3 aromatic rings. The smallest absolute Gasteiger partial charge is 0.283 e. The minimum Gasteiger partial charge on any atom is -0.350 e. The van der Waals surface area contributed by atoms with Crippen molar-refractivity contribution in [1.29, 1.82) is 0 Å². The number of nitrogens with zero attached hydrogens (tertiary/aromatic N) is 1. The molecule has 0 aliphatic carbocycles. The molecule has 0 bridgehead atoms. The maximum atomic E-state index is 12.9. The van der Waals surface area contributed by atoms with Crippen molar-refractivity contribution >= 4 is 40.7 Å². The van der Waals surface area contributed by atoms with Crippen LogP contribution in [0.1, 0.15) is 21.5 Å². The van der Waals surface area contributed by atoms with Crippen molar-refractivity contribution in [1.82, 2.24) is 5.32 Å². The summed E-state index contributed by atoms with van der Waals surface area (Å²) < 4.78 is 0. The van der Waals surface area contributed by atoms with Gasteiger partial charge in [0.15, 0.2) is 0 Å². The topological polar surface area (TPSA) is 78.5 Å². The van der Waals surface area contributed by atoms with Crippen LogP contribution in [0.15, 0.2) is 89.6 Å². The summed E-state index contributed by atoms with van der Waals surface area (Å²) >= 11 is 6.19. The van der Waals surface area contributed by atoms with E-state index >= 15 is 0 Å². The fourth-order valence-electron chi connectivity index (χ4n) is 3.37. The quantitative estimate of drug-likeness (QED) is 0.552. The van der Waals surface area contributed by atoms with Gasteiger partial charge in [-0.05, 0) is 48.4 Å². The number of para-hydroxylation sites is 1. The minimum absolute atomic E-state index is 0.00111. The number of aryl methyl sites for hydroxylation is 1. The third-order valence-electron chi connectivity index (χ3n) is 5.10. The molecule has 3 aromatic carbocycles. The van der Waals surface area contributed by atoms with Crippen LogP contribution < -0.4 is 15.5 Å². The third kappa shape index (κ3) is 4.26. The molecule has 0 atom stereocenters. The van der Waals surface area contributed by atoms with Crippen molar-refractivity contribution in [2.75, 3.05) is 10.2 Å². The molecule has 0 aromatic heterocycles. The van der Waals surface area contributed by atoms with Crippen LogP contribution >= 0.6 is 11.6 Å². The third-order valence-corrected chi connectivity index (χ3v) is 5.45. The molecule has 2 N–H and O–H groups in total. The highest BCUT2D eigenvalue weighted by molar-refractivity contribution is 6.53. The number of carbonyl (C=O) groups is 3. The average molecular weight is 446 g/mol. The molecule has 1 heterocycles. The van der Waals surface area contributed by atoms with Gasteiger partial charge in [-0.1, -0.05) is 60.1 Å². The molecule has 7 heteroatoms. The number of carbonyl (C=O) groups excluding carboxylic acids is 3. The van der Waals surface area contributed by atoms with Crippen LogP contribution in [0.2, 0.25) is 0 Å². The molecule has 32 heavy (non-hydrogen) atoms. The van der Waals surface area contributed by atoms with Crippen LogP contribution in [0.25, 0.3) is 0 Å². The fourth-order valence-corrected chi connectivity index (χ4v) is 3.59. The van der Waals surface area contributed by atoms with E-state index in [1.54, 1.807) is 36.4 Å². The molecule has 0 unspecified atom stereocenters. The normalized spacial score (nSPS) is 13.5. The van der Waals surface area contributed by atoms with Gasteiger partial charge in [0, 0.05) is 17.8 Å². The zero-order chi connectivity index (χ0) is 22.7. The second-order valence-electron chi connectivity index (χ2n) is 7.29. The van der Waals surface area contributed by atoms with Gasteiger partial charge in [0.25, 0.3) is 17.7 Å². The van der Waals surface area contributed by atoms with Gasteiger partial charge in [0.05, 0.1) is 5.69 Å². The van der Waals surface area contributed by atoms with Crippen LogP contribution in [0, 0.1) is 6.92 Å². The largest absolute Gasteiger partial charge is 0.350 e. The Morgan fingerprint density at radius 1 is 0.875 bits per heavy atom. The van der Waals surface area contributed by atoms with Gasteiger partial charge < -0.3 is 10.6 Å². The maximum absolute atomic E-state index is 12.9. The lowest BCUT2D eigenvalue weighted by atomic mass is 10.1. The molecule has 1 aliphatic rings. The minimum atomic E-state index is -0.578. The van der Waals surface area contributed by atoms with E-state index in [9.17, 15) is 14.4 Å². The highest BCUT2D eigenvalue weighted by Gasteiger charge is 2.39. The summed E-state index contributed by atoms with van der Waals surface area (Å²) in [5, 5.41) is 5.60. The van der Waals surface area contributed by atoms with E-state index in [4.69, 9.17) is 11.6 Å². The van der Waals surface area contributed by atoms with E-state index in [1.807, 2.05) is 49.4 Å². The van der Waals surface area contributed by atoms with Gasteiger partial charge in [-0.25, -0.2) is 4.90 Å². The number of nitrogens with one attached hydrogen (secondary N) is 2. The number of halogens is 1. The van der Waals surface area contributed by atoms with Crippen LogP contribution in [0.4, 0.5) is 11.4 Å². The number of rotatable bonds is 6. The highest BCUT2D eigenvalue weighted by Crippen LogP contribution is 2.31. The Morgan fingerprint density at radius 2 is 1.53 bits per heavy atom. The molecule has 0 saturated heterocycles. The van der Waals surface area contributed by atoms with Crippen molar-refractivity contribution in [2.45, 2.75) is 13.5 Å². The molecule has 160 valence electrons. The van der Waals surface area contributed by atoms with E-state index in [-0.39, 0.29) is 16.6 Å². The highest BCUT2D eigenvalue weighted by atomic mass is 35.5. The Balaban J connectivity index is 1.45. The summed E-state index contributed by atoms with van der Waals surface area (Å²) in [6.45, 7) is 2.24. The number of hydrogen-bond donors (Lipinski definition) is 2. The average Bonchev–Trinajstić information content (AvgIpc) is 3.02. The van der Waals surface area contributed by atoms with Crippen molar-refractivity contribution in [3.8, 4) is 0 Å². The van der Waals surface area contributed by atoms with Crippen LogP contribution in [-0.2, 0) is 16.1 Å². The van der Waals surface area contributed by atoms with E-state index < -0.39 is 11.8 Å². The van der Waals surface area contributed by atoms with E-state index in [0.717, 1.165) is 16.0 Å². The Hall–Kier alpha value is -3.90. The lowest BCUT2D eigenvalue weighted by Gasteiger charge is -2.17. The second-order valence-corrected chi connectivity index (χ2v) is 7.67. The monoisotopic (exact) mass is 445 g/mol. The van der Waals surface area contributed by atoms with Crippen LogP contribution in [-0.4, -0.2) is 17.7 Å². The molecule has 3 amide bonds. The standard InChI is InChI=1S/C25H20ClN3O3/c1-16-7-5-6-10-20(16)29-24(31)21(26)22(25(29)32)28-19-13-11-18(12-14-19)23(30)27-15-17-8-3-2-4-9-17/h2-14,28H,15H2,1H3,(H,27,30). The first kappa shape index (κ1) is 21.3. The van der Waals surface area contributed by atoms with Crippen molar-refractivity contribution < 1.29 is 14.4 Å². The molecule has 4 rings (SSSR count). The SMILES string of the molecule is Cc1ccccc1N1C(=O)C(Cl)=C(Nc2ccc(C(=O)NCc3ccccc3)cc2)C1=O. The van der Waals surface area contributed by atoms with Crippen molar-refractivity contribution in [3.63, 3.8) is 0 Å². The van der Waals surface area contributed by atoms with E-state index in [1.165, 1.54) is 0 Å². The van der Waals surface area contributed by atoms with E-state index in [2.05, 4.69) is 10.6 Å². The van der Waals surface area contributed by atoms with Gasteiger partial charge in [-0.2, -0.15) is 0 Å². The number of amides is 3. The van der Waals surface area contributed by atoms with Gasteiger partial charge in [0.2, 0.25) is 0 Å². The first-order valence-corrected chi connectivity index (χ1v) is 10.4. The summed E-state index contributed by atoms with van der Waals surface area (Å²) in [4.78, 5) is 39.0. The second kappa shape index (κ2) is 9.08. The summed E-state index contributed by atoms with van der Waals surface area (Å²) in [5.41, 5.74) is 3.28. The number of imide groups is 1. The predicted molar refractivity (Wildman–Crippen MR) is 124 cm³/mol. The van der Waals surface area contributed by atoms with Crippen LogP contribution in [0.3, 0.4) is 0 Å². The lowest BCUT2D eigenvalue weighted by molar-refractivity contribution is -0.120. The molecule has 0 fully saturated rings. The number of benzene rings is 3. The Labute approximate surface area is 190 Å². The van der Waals surface area contributed by atoms with E-state index in [0.29, 0.717) is 23.5 Å². The number of hydrogen-bond acceptors (Lipinski definition) is 4. The molecule has 6 nitrogen and oxygen atoms in total. The molecule has 0 spiro atoms. The Morgan fingerprint density at radius 3 is 2.22 bits per heavy atom. The summed E-state index contributed by atoms with van der Waals surface area (Å²) in [5.74, 6) is -1.32. The van der Waals surface area contributed by atoms with Gasteiger partial charge in [-0.3, -0.25) is 14.4 Å². The summed E-state index contributed by atoms with van der Waals surface area (Å²) in [6.07, 6.45) is 0. The molecular formula is C25H20ClN3O3. The van der Waals surface area contributed by atoms with Crippen molar-refractivity contribution in [3.05, 3.63) is 106 Å². The van der Waals surface area contributed by atoms with Gasteiger partial charge in [0.1, 0.15) is 10.7 Å². The van der Waals surface area contributed by atoms with Gasteiger partial charge in [-0.15, -0.1) is 0 Å². The summed E-state index contributed by atoms with van der Waals surface area (Å²) in [7, 11) is 0. The molecular weight excluding hydrogens is 426 g/mol. The first-order valence-electron chi connectivity index (χ1n) is 9.99. The van der Waals surface area contributed by atoms with Crippen molar-refractivity contribution in [2.24, 2.45) is 0 Å². The summed E-state index contributed by atoms with van der Waals surface area (Å²) in [6, 6.07) is 23.3. The van der Waals surface area contributed by atoms with Crippen LogP contribution in [0.5, 0.6) is 0 Å². The molecule has 0 radical (unpaired) electrons. The Bertz CT molecular complexity index is 1220. The molecule has 0 saturated carbocycles. The molecule has 1 aliphatic heterocycles. The number of anilines is 2.